The molecule has 1 atom stereocenters. The van der Waals surface area contributed by atoms with Crippen molar-refractivity contribution < 1.29 is 9.59 Å². The van der Waals surface area contributed by atoms with Gasteiger partial charge < -0.3 is 5.32 Å². The molecule has 0 saturated heterocycles. The van der Waals surface area contributed by atoms with Crippen LogP contribution in [-0.4, -0.2) is 27.4 Å². The highest BCUT2D eigenvalue weighted by Gasteiger charge is 2.47. The number of fused-ring (bicyclic) bond motifs is 3. The zero-order valence-corrected chi connectivity index (χ0v) is 16.0. The third kappa shape index (κ3) is 2.68. The minimum Gasteiger partial charge on any atom is -0.326 e. The Morgan fingerprint density at radius 3 is 2.75 bits per heavy atom. The van der Waals surface area contributed by atoms with E-state index in [0.717, 1.165) is 40.7 Å². The number of carbonyl (C=O) groups is 2. The van der Waals surface area contributed by atoms with E-state index in [1.165, 1.54) is 0 Å². The van der Waals surface area contributed by atoms with Crippen LogP contribution in [0, 0.1) is 13.8 Å². The summed E-state index contributed by atoms with van der Waals surface area (Å²) < 4.78 is 1.94. The van der Waals surface area contributed by atoms with Gasteiger partial charge in [0.2, 0.25) is 11.9 Å². The predicted molar refractivity (Wildman–Crippen MR) is 108 cm³/mol. The van der Waals surface area contributed by atoms with Crippen molar-refractivity contribution in [1.29, 1.82) is 0 Å². The molecule has 1 aromatic heterocycles. The number of nitrogens with zero attached hydrogens (tertiary/aromatic N) is 3. The molecular formula is C22H22N4O2. The third-order valence-corrected chi connectivity index (χ3v) is 5.58. The molecule has 2 aromatic carbocycles. The minimum absolute atomic E-state index is 0.0214. The second-order valence-electron chi connectivity index (χ2n) is 7.80. The SMILES string of the molecule is Cc1ccc(C)c(NC(=O)C[C@H]2C(=O)N(C3CC3)c3nc4ccccc4n32)c1. The van der Waals surface area contributed by atoms with Gasteiger partial charge in [-0.15, -0.1) is 0 Å². The van der Waals surface area contributed by atoms with Crippen LogP contribution in [0.25, 0.3) is 11.0 Å². The number of anilines is 2. The first-order valence-corrected chi connectivity index (χ1v) is 9.70. The largest absolute Gasteiger partial charge is 0.326 e. The molecule has 1 saturated carbocycles. The number of para-hydroxylation sites is 2. The van der Waals surface area contributed by atoms with Crippen LogP contribution >= 0.6 is 0 Å². The maximum atomic E-state index is 13.1. The fraction of sp³-hybridized carbons (Fsp3) is 0.318. The topological polar surface area (TPSA) is 67.2 Å². The molecule has 2 heterocycles. The number of amides is 2. The van der Waals surface area contributed by atoms with Gasteiger partial charge in [-0.25, -0.2) is 4.98 Å². The highest BCUT2D eigenvalue weighted by atomic mass is 16.2. The summed E-state index contributed by atoms with van der Waals surface area (Å²) in [5, 5.41) is 2.99. The highest BCUT2D eigenvalue weighted by molar-refractivity contribution is 6.05. The molecule has 1 N–H and O–H groups in total. The monoisotopic (exact) mass is 374 g/mol. The quantitative estimate of drug-likeness (QED) is 0.757. The Hall–Kier alpha value is -3.15. The second kappa shape index (κ2) is 6.19. The van der Waals surface area contributed by atoms with Gasteiger partial charge in [-0.05, 0) is 56.0 Å². The number of aromatic nitrogens is 2. The van der Waals surface area contributed by atoms with Crippen LogP contribution in [-0.2, 0) is 9.59 Å². The molecular weight excluding hydrogens is 352 g/mol. The Kier molecular flexibility index (Phi) is 3.75. The summed E-state index contributed by atoms with van der Waals surface area (Å²) in [5.41, 5.74) is 4.64. The summed E-state index contributed by atoms with van der Waals surface area (Å²) in [5.74, 6) is 0.499. The van der Waals surface area contributed by atoms with E-state index in [1.54, 1.807) is 4.90 Å². The van der Waals surface area contributed by atoms with E-state index in [1.807, 2.05) is 60.9 Å². The predicted octanol–water partition coefficient (Wildman–Crippen LogP) is 3.73. The lowest BCUT2D eigenvalue weighted by molar-refractivity contribution is -0.124. The Balaban J connectivity index is 1.47. The van der Waals surface area contributed by atoms with Crippen molar-refractivity contribution in [2.45, 2.75) is 45.2 Å². The summed E-state index contributed by atoms with van der Waals surface area (Å²) in [4.78, 5) is 32.5. The molecule has 1 aliphatic heterocycles. The van der Waals surface area contributed by atoms with Gasteiger partial charge in [0.1, 0.15) is 6.04 Å². The van der Waals surface area contributed by atoms with Gasteiger partial charge in [0.25, 0.3) is 5.91 Å². The number of carbonyl (C=O) groups excluding carboxylic acids is 2. The van der Waals surface area contributed by atoms with Gasteiger partial charge in [-0.3, -0.25) is 19.1 Å². The molecule has 142 valence electrons. The van der Waals surface area contributed by atoms with Crippen molar-refractivity contribution in [1.82, 2.24) is 9.55 Å². The zero-order valence-electron chi connectivity index (χ0n) is 16.0. The van der Waals surface area contributed by atoms with Crippen LogP contribution in [0.5, 0.6) is 0 Å². The average molecular weight is 374 g/mol. The van der Waals surface area contributed by atoms with E-state index in [9.17, 15) is 9.59 Å². The van der Waals surface area contributed by atoms with E-state index in [-0.39, 0.29) is 24.3 Å². The summed E-state index contributed by atoms with van der Waals surface area (Å²) in [6, 6.07) is 13.4. The lowest BCUT2D eigenvalue weighted by Crippen LogP contribution is -2.33. The molecule has 6 heteroatoms. The number of hydrogen-bond acceptors (Lipinski definition) is 3. The van der Waals surface area contributed by atoms with Gasteiger partial charge in [0.05, 0.1) is 17.5 Å². The van der Waals surface area contributed by atoms with Gasteiger partial charge in [-0.1, -0.05) is 24.3 Å². The van der Waals surface area contributed by atoms with E-state index >= 15 is 0 Å². The zero-order chi connectivity index (χ0) is 19.4. The molecule has 2 amide bonds. The molecule has 2 aliphatic rings. The molecule has 0 bridgehead atoms. The maximum Gasteiger partial charge on any atom is 0.253 e. The first kappa shape index (κ1) is 17.0. The molecule has 0 radical (unpaired) electrons. The molecule has 1 fully saturated rings. The van der Waals surface area contributed by atoms with Crippen LogP contribution in [0.4, 0.5) is 11.6 Å². The van der Waals surface area contributed by atoms with Crippen LogP contribution < -0.4 is 10.2 Å². The summed E-state index contributed by atoms with van der Waals surface area (Å²) in [7, 11) is 0. The van der Waals surface area contributed by atoms with Crippen LogP contribution in [0.1, 0.15) is 36.4 Å². The number of nitrogens with one attached hydrogen (secondary N) is 1. The first-order chi connectivity index (χ1) is 13.5. The van der Waals surface area contributed by atoms with Crippen molar-refractivity contribution >= 4 is 34.5 Å². The third-order valence-electron chi connectivity index (χ3n) is 5.58. The van der Waals surface area contributed by atoms with Gasteiger partial charge in [-0.2, -0.15) is 0 Å². The Morgan fingerprint density at radius 1 is 1.18 bits per heavy atom. The molecule has 0 spiro atoms. The van der Waals surface area contributed by atoms with Crippen molar-refractivity contribution in [2.75, 3.05) is 10.2 Å². The van der Waals surface area contributed by atoms with Crippen LogP contribution in [0.2, 0.25) is 0 Å². The standard InChI is InChI=1S/C22H22N4O2/c1-13-7-8-14(2)17(11-13)23-20(27)12-19-21(28)25(15-9-10-15)22-24-16-5-3-4-6-18(16)26(19)22/h3-8,11,15,19H,9-10,12H2,1-2H3,(H,23,27)/t19-/m0/s1. The molecule has 1 aliphatic carbocycles. The molecule has 6 nitrogen and oxygen atoms in total. The van der Waals surface area contributed by atoms with E-state index in [4.69, 9.17) is 0 Å². The lowest BCUT2D eigenvalue weighted by Gasteiger charge is -2.15. The second-order valence-corrected chi connectivity index (χ2v) is 7.80. The summed E-state index contributed by atoms with van der Waals surface area (Å²) in [6.45, 7) is 3.96. The Morgan fingerprint density at radius 2 is 1.96 bits per heavy atom. The number of aryl methyl sites for hydroxylation is 2. The van der Waals surface area contributed by atoms with Crippen molar-refractivity contribution in [3.8, 4) is 0 Å². The molecule has 3 aromatic rings. The van der Waals surface area contributed by atoms with Crippen LogP contribution in [0.3, 0.4) is 0 Å². The average Bonchev–Trinajstić information content (AvgIpc) is 3.37. The van der Waals surface area contributed by atoms with Crippen LogP contribution in [0.15, 0.2) is 42.5 Å². The maximum absolute atomic E-state index is 13.1. The van der Waals surface area contributed by atoms with Crippen molar-refractivity contribution in [3.63, 3.8) is 0 Å². The normalized spacial score (nSPS) is 18.6. The lowest BCUT2D eigenvalue weighted by atomic mass is 10.1. The van der Waals surface area contributed by atoms with Gasteiger partial charge >= 0.3 is 0 Å². The molecule has 28 heavy (non-hydrogen) atoms. The van der Waals surface area contributed by atoms with E-state index in [0.29, 0.717) is 5.95 Å². The molecule has 5 rings (SSSR count). The highest BCUT2D eigenvalue weighted by Crippen LogP contribution is 2.42. The number of rotatable bonds is 4. The van der Waals surface area contributed by atoms with Gasteiger partial charge in [0.15, 0.2) is 0 Å². The fourth-order valence-corrected chi connectivity index (χ4v) is 3.98. The number of imidazole rings is 1. The number of hydrogen-bond donors (Lipinski definition) is 1. The number of benzene rings is 2. The minimum atomic E-state index is -0.548. The van der Waals surface area contributed by atoms with E-state index in [2.05, 4.69) is 10.3 Å². The fourth-order valence-electron chi connectivity index (χ4n) is 3.98. The van der Waals surface area contributed by atoms with E-state index < -0.39 is 6.04 Å². The summed E-state index contributed by atoms with van der Waals surface area (Å²) in [6.07, 6.45) is 2.09. The molecule has 0 unspecified atom stereocenters. The smallest absolute Gasteiger partial charge is 0.253 e. The Labute approximate surface area is 163 Å². The van der Waals surface area contributed by atoms with Crippen molar-refractivity contribution in [2.24, 2.45) is 0 Å². The Bertz CT molecular complexity index is 1110. The van der Waals surface area contributed by atoms with Gasteiger partial charge in [0, 0.05) is 11.7 Å². The summed E-state index contributed by atoms with van der Waals surface area (Å²) >= 11 is 0. The first-order valence-electron chi connectivity index (χ1n) is 9.70. The van der Waals surface area contributed by atoms with Crippen molar-refractivity contribution in [3.05, 3.63) is 53.6 Å².